The molecule has 1 rings (SSSR count). The van der Waals surface area contributed by atoms with Crippen LogP contribution in [-0.2, 0) is 9.59 Å². The van der Waals surface area contributed by atoms with Gasteiger partial charge in [0.25, 0.3) is 5.91 Å². The van der Waals surface area contributed by atoms with Crippen LogP contribution in [0.4, 0.5) is 0 Å². The Morgan fingerprint density at radius 1 is 1.29 bits per heavy atom. The van der Waals surface area contributed by atoms with Crippen LogP contribution in [0.1, 0.15) is 26.7 Å². The Balaban J connectivity index is 2.53. The lowest BCUT2D eigenvalue weighted by atomic mass is 10.2. The van der Waals surface area contributed by atoms with Crippen LogP contribution < -0.4 is 4.74 Å². The number of carbonyl (C=O) groups excluding carboxylic acids is 1. The van der Waals surface area contributed by atoms with Gasteiger partial charge in [0.2, 0.25) is 0 Å². The first kappa shape index (κ1) is 16.8. The van der Waals surface area contributed by atoms with Gasteiger partial charge in [-0.05, 0) is 32.4 Å². The molecule has 0 unspecified atom stereocenters. The van der Waals surface area contributed by atoms with Gasteiger partial charge in [-0.15, -0.1) is 0 Å². The van der Waals surface area contributed by atoms with Crippen LogP contribution >= 0.6 is 0 Å². The van der Waals surface area contributed by atoms with Crippen LogP contribution in [0, 0.1) is 0 Å². The first-order chi connectivity index (χ1) is 9.91. The summed E-state index contributed by atoms with van der Waals surface area (Å²) in [7, 11) is 0. The van der Waals surface area contributed by atoms with Crippen LogP contribution in [0.3, 0.4) is 0 Å². The molecule has 6 nitrogen and oxygen atoms in total. The normalized spacial score (nSPS) is 10.4. The van der Waals surface area contributed by atoms with Gasteiger partial charge in [0.1, 0.15) is 0 Å². The minimum atomic E-state index is -0.878. The molecule has 116 valence electrons. The van der Waals surface area contributed by atoms with Crippen LogP contribution in [0.5, 0.6) is 11.5 Å². The highest BCUT2D eigenvalue weighted by molar-refractivity contribution is 5.78. The van der Waals surface area contributed by atoms with E-state index in [0.29, 0.717) is 13.0 Å². The van der Waals surface area contributed by atoms with Gasteiger partial charge in [-0.2, -0.15) is 0 Å². The largest absolute Gasteiger partial charge is 0.504 e. The average Bonchev–Trinajstić information content (AvgIpc) is 2.41. The van der Waals surface area contributed by atoms with Crippen LogP contribution in [0.15, 0.2) is 24.3 Å². The highest BCUT2D eigenvalue weighted by Gasteiger charge is 2.18. The van der Waals surface area contributed by atoms with Crippen molar-refractivity contribution in [3.63, 3.8) is 0 Å². The Morgan fingerprint density at radius 2 is 1.95 bits per heavy atom. The number of rotatable bonds is 8. The second-order valence-corrected chi connectivity index (χ2v) is 4.93. The number of carboxylic acid groups (broad SMARTS) is 1. The Bertz CT molecular complexity index is 487. The summed E-state index contributed by atoms with van der Waals surface area (Å²) in [5.41, 5.74) is 0. The minimum absolute atomic E-state index is 0.0210. The summed E-state index contributed by atoms with van der Waals surface area (Å²) in [4.78, 5) is 24.2. The molecule has 0 aliphatic carbocycles. The van der Waals surface area contributed by atoms with Crippen molar-refractivity contribution in [3.05, 3.63) is 24.3 Å². The van der Waals surface area contributed by atoms with Crippen molar-refractivity contribution in [2.75, 3.05) is 13.2 Å². The maximum Gasteiger partial charge on any atom is 0.303 e. The second kappa shape index (κ2) is 8.14. The number of hydrogen-bond acceptors (Lipinski definition) is 4. The van der Waals surface area contributed by atoms with Gasteiger partial charge < -0.3 is 19.8 Å². The number of aromatic hydroxyl groups is 1. The molecule has 0 bridgehead atoms. The number of phenolic OH excluding ortho intramolecular Hbond substituents is 1. The van der Waals surface area contributed by atoms with Gasteiger partial charge in [-0.1, -0.05) is 12.1 Å². The predicted molar refractivity (Wildman–Crippen MR) is 77.3 cm³/mol. The van der Waals surface area contributed by atoms with Gasteiger partial charge >= 0.3 is 5.97 Å². The Morgan fingerprint density at radius 3 is 2.52 bits per heavy atom. The van der Waals surface area contributed by atoms with E-state index in [9.17, 15) is 14.7 Å². The zero-order valence-electron chi connectivity index (χ0n) is 12.3. The summed E-state index contributed by atoms with van der Waals surface area (Å²) >= 11 is 0. The molecule has 0 spiro atoms. The summed E-state index contributed by atoms with van der Waals surface area (Å²) in [5.74, 6) is -0.886. The zero-order chi connectivity index (χ0) is 15.8. The third kappa shape index (κ3) is 5.72. The van der Waals surface area contributed by atoms with Crippen molar-refractivity contribution in [3.8, 4) is 11.5 Å². The standard InChI is InChI=1S/C15H21NO5/c1-11(2)16(9-5-8-15(19)20)14(18)10-21-13-7-4-3-6-12(13)17/h3-4,6-7,11,17H,5,8-10H2,1-2H3,(H,19,20). The smallest absolute Gasteiger partial charge is 0.303 e. The number of carbonyl (C=O) groups is 2. The molecular weight excluding hydrogens is 274 g/mol. The third-order valence-corrected chi connectivity index (χ3v) is 2.95. The lowest BCUT2D eigenvalue weighted by Gasteiger charge is -2.26. The fraction of sp³-hybridized carbons (Fsp3) is 0.467. The van der Waals surface area contributed by atoms with Gasteiger partial charge in [-0.25, -0.2) is 0 Å². The Labute approximate surface area is 124 Å². The number of phenols is 1. The number of nitrogens with zero attached hydrogens (tertiary/aromatic N) is 1. The second-order valence-electron chi connectivity index (χ2n) is 4.93. The molecule has 2 N–H and O–H groups in total. The van der Waals surface area contributed by atoms with E-state index in [1.165, 1.54) is 6.07 Å². The van der Waals surface area contributed by atoms with E-state index in [2.05, 4.69) is 0 Å². The molecule has 0 atom stereocenters. The molecule has 6 heteroatoms. The minimum Gasteiger partial charge on any atom is -0.504 e. The van der Waals surface area contributed by atoms with Crippen LogP contribution in [0.2, 0.25) is 0 Å². The lowest BCUT2D eigenvalue weighted by Crippen LogP contribution is -2.40. The molecule has 21 heavy (non-hydrogen) atoms. The Hall–Kier alpha value is -2.24. The van der Waals surface area contributed by atoms with E-state index in [0.717, 1.165) is 0 Å². The molecule has 0 saturated carbocycles. The van der Waals surface area contributed by atoms with E-state index in [1.54, 1.807) is 23.1 Å². The molecule has 1 aromatic rings. The summed E-state index contributed by atoms with van der Waals surface area (Å²) in [6, 6.07) is 6.38. The molecule has 1 amide bonds. The number of carboxylic acids is 1. The van der Waals surface area contributed by atoms with E-state index in [1.807, 2.05) is 13.8 Å². The van der Waals surface area contributed by atoms with Crippen molar-refractivity contribution >= 4 is 11.9 Å². The zero-order valence-corrected chi connectivity index (χ0v) is 12.3. The van der Waals surface area contributed by atoms with E-state index in [4.69, 9.17) is 9.84 Å². The maximum atomic E-state index is 12.1. The van der Waals surface area contributed by atoms with Crippen molar-refractivity contribution in [2.24, 2.45) is 0 Å². The highest BCUT2D eigenvalue weighted by atomic mass is 16.5. The molecule has 0 saturated heterocycles. The van der Waals surface area contributed by atoms with E-state index >= 15 is 0 Å². The fourth-order valence-corrected chi connectivity index (χ4v) is 1.87. The molecule has 0 heterocycles. The quantitative estimate of drug-likeness (QED) is 0.764. The molecule has 0 aromatic heterocycles. The third-order valence-electron chi connectivity index (χ3n) is 2.95. The molecule has 1 aromatic carbocycles. The highest BCUT2D eigenvalue weighted by Crippen LogP contribution is 2.24. The van der Waals surface area contributed by atoms with Gasteiger partial charge in [-0.3, -0.25) is 9.59 Å². The first-order valence-corrected chi connectivity index (χ1v) is 6.84. The topological polar surface area (TPSA) is 87.1 Å². The summed E-state index contributed by atoms with van der Waals surface area (Å²) in [6.45, 7) is 3.90. The SMILES string of the molecule is CC(C)N(CCCC(=O)O)C(=O)COc1ccccc1O. The molecule has 0 aliphatic rings. The van der Waals surface area contributed by atoms with Gasteiger partial charge in [0.05, 0.1) is 0 Å². The van der Waals surface area contributed by atoms with Crippen LogP contribution in [0.25, 0.3) is 0 Å². The summed E-state index contributed by atoms with van der Waals surface area (Å²) < 4.78 is 5.30. The fourth-order valence-electron chi connectivity index (χ4n) is 1.87. The van der Waals surface area contributed by atoms with E-state index in [-0.39, 0.29) is 36.5 Å². The number of hydrogen-bond donors (Lipinski definition) is 2. The Kier molecular flexibility index (Phi) is 6.52. The monoisotopic (exact) mass is 295 g/mol. The number of ether oxygens (including phenoxy) is 1. The predicted octanol–water partition coefficient (Wildman–Crippen LogP) is 1.87. The molecule has 0 fully saturated rings. The lowest BCUT2D eigenvalue weighted by molar-refractivity contribution is -0.139. The summed E-state index contributed by atoms with van der Waals surface area (Å²) in [5, 5.41) is 18.2. The van der Waals surface area contributed by atoms with Crippen molar-refractivity contribution in [2.45, 2.75) is 32.7 Å². The van der Waals surface area contributed by atoms with Crippen LogP contribution in [-0.4, -0.2) is 46.2 Å². The van der Waals surface area contributed by atoms with Gasteiger partial charge in [0, 0.05) is 19.0 Å². The number of amides is 1. The number of benzene rings is 1. The number of para-hydroxylation sites is 2. The first-order valence-electron chi connectivity index (χ1n) is 6.84. The molecule has 0 radical (unpaired) electrons. The average molecular weight is 295 g/mol. The molecular formula is C15H21NO5. The van der Waals surface area contributed by atoms with Crippen molar-refractivity contribution < 1.29 is 24.5 Å². The molecule has 0 aliphatic heterocycles. The van der Waals surface area contributed by atoms with Gasteiger partial charge in [0.15, 0.2) is 18.1 Å². The van der Waals surface area contributed by atoms with Crippen molar-refractivity contribution in [1.29, 1.82) is 0 Å². The summed E-state index contributed by atoms with van der Waals surface area (Å²) in [6.07, 6.45) is 0.423. The van der Waals surface area contributed by atoms with Crippen molar-refractivity contribution in [1.82, 2.24) is 4.90 Å². The maximum absolute atomic E-state index is 12.1. The number of aliphatic carboxylic acids is 1. The van der Waals surface area contributed by atoms with E-state index < -0.39 is 5.97 Å².